The molecule has 0 atom stereocenters. The fourth-order valence-electron chi connectivity index (χ4n) is 5.58. The van der Waals surface area contributed by atoms with Gasteiger partial charge < -0.3 is 14.6 Å². The predicted molar refractivity (Wildman–Crippen MR) is 135 cm³/mol. The zero-order valence-corrected chi connectivity index (χ0v) is 19.5. The predicted octanol–water partition coefficient (Wildman–Crippen LogP) is 5.72. The summed E-state index contributed by atoms with van der Waals surface area (Å²) in [6.07, 6.45) is 5.43. The normalized spacial score (nSPS) is 15.9. The lowest BCUT2D eigenvalue weighted by Crippen LogP contribution is -2.35. The van der Waals surface area contributed by atoms with Gasteiger partial charge in [0.1, 0.15) is 5.82 Å². The number of amides is 1. The van der Waals surface area contributed by atoms with Crippen LogP contribution in [0, 0.1) is 0 Å². The van der Waals surface area contributed by atoms with Crippen LogP contribution >= 0.6 is 0 Å². The van der Waals surface area contributed by atoms with E-state index in [2.05, 4.69) is 22.8 Å². The van der Waals surface area contributed by atoms with Crippen LogP contribution in [0.3, 0.4) is 0 Å². The van der Waals surface area contributed by atoms with Crippen molar-refractivity contribution in [2.45, 2.75) is 44.7 Å². The van der Waals surface area contributed by atoms with E-state index in [1.165, 1.54) is 24.0 Å². The standard InChI is InChI=1S/C29H27N3O3/c33-28(31-16-15-19-5-1-2-6-23(19)18-31)21-11-9-20(10-12-21)27-30-25-17-22(29(34)35)13-14-26(25)32(27)24-7-3-4-8-24/h1-2,5-6,9-14,17,24H,3-4,7-8,15-16,18H2,(H,34,35). The Labute approximate surface area is 203 Å². The minimum absolute atomic E-state index is 0.0430. The highest BCUT2D eigenvalue weighted by Gasteiger charge is 2.25. The SMILES string of the molecule is O=C(O)c1ccc2c(c1)nc(-c1ccc(C(=O)N3CCc4ccccc4C3)cc1)n2C1CCCC1. The van der Waals surface area contributed by atoms with E-state index in [1.807, 2.05) is 41.3 Å². The van der Waals surface area contributed by atoms with E-state index >= 15 is 0 Å². The number of carboxylic acids is 1. The van der Waals surface area contributed by atoms with E-state index in [0.717, 1.165) is 42.7 Å². The van der Waals surface area contributed by atoms with Crippen molar-refractivity contribution in [3.05, 3.63) is 89.0 Å². The molecule has 0 spiro atoms. The molecule has 1 N–H and O–H groups in total. The molecule has 4 aromatic rings. The topological polar surface area (TPSA) is 75.4 Å². The molecule has 1 aliphatic heterocycles. The number of carboxylic acid groups (broad SMARTS) is 1. The minimum atomic E-state index is -0.952. The van der Waals surface area contributed by atoms with Crippen LogP contribution < -0.4 is 0 Å². The number of aromatic carboxylic acids is 1. The molecule has 6 nitrogen and oxygen atoms in total. The summed E-state index contributed by atoms with van der Waals surface area (Å²) in [7, 11) is 0. The van der Waals surface area contributed by atoms with Crippen LogP contribution in [0.4, 0.5) is 0 Å². The summed E-state index contributed by atoms with van der Waals surface area (Å²) in [5.74, 6) is -0.0751. The Kier molecular flexibility index (Phi) is 5.36. The number of rotatable bonds is 4. The second kappa shape index (κ2) is 8.69. The third-order valence-corrected chi connectivity index (χ3v) is 7.43. The molecule has 1 saturated carbocycles. The molecule has 35 heavy (non-hydrogen) atoms. The second-order valence-electron chi connectivity index (χ2n) is 9.58. The number of imidazole rings is 1. The summed E-state index contributed by atoms with van der Waals surface area (Å²) in [6, 6.07) is 21.6. The van der Waals surface area contributed by atoms with E-state index in [4.69, 9.17) is 4.98 Å². The van der Waals surface area contributed by atoms with E-state index in [9.17, 15) is 14.7 Å². The van der Waals surface area contributed by atoms with E-state index in [0.29, 0.717) is 23.7 Å². The molecule has 1 fully saturated rings. The van der Waals surface area contributed by atoms with Gasteiger partial charge in [-0.05, 0) is 60.7 Å². The monoisotopic (exact) mass is 465 g/mol. The van der Waals surface area contributed by atoms with Crippen LogP contribution in [-0.4, -0.2) is 38.0 Å². The van der Waals surface area contributed by atoms with Gasteiger partial charge in [0, 0.05) is 30.3 Å². The lowest BCUT2D eigenvalue weighted by Gasteiger charge is -2.29. The minimum Gasteiger partial charge on any atom is -0.478 e. The number of fused-ring (bicyclic) bond motifs is 2. The lowest BCUT2D eigenvalue weighted by atomic mass is 9.99. The Morgan fingerprint density at radius 3 is 2.34 bits per heavy atom. The van der Waals surface area contributed by atoms with Crippen molar-refractivity contribution < 1.29 is 14.7 Å². The van der Waals surface area contributed by atoms with Gasteiger partial charge in [-0.15, -0.1) is 0 Å². The van der Waals surface area contributed by atoms with Crippen LogP contribution in [0.1, 0.15) is 63.6 Å². The highest BCUT2D eigenvalue weighted by atomic mass is 16.4. The number of nitrogens with zero attached hydrogens (tertiary/aromatic N) is 3. The maximum atomic E-state index is 13.2. The van der Waals surface area contributed by atoms with Crippen molar-refractivity contribution in [3.63, 3.8) is 0 Å². The average molecular weight is 466 g/mol. The maximum absolute atomic E-state index is 13.2. The number of benzene rings is 3. The summed E-state index contributed by atoms with van der Waals surface area (Å²) in [5.41, 5.74) is 6.04. The molecule has 0 bridgehead atoms. The molecule has 2 aliphatic rings. The van der Waals surface area contributed by atoms with E-state index in [1.54, 1.807) is 12.1 Å². The zero-order valence-electron chi connectivity index (χ0n) is 19.5. The molecule has 2 heterocycles. The van der Waals surface area contributed by atoms with Gasteiger partial charge >= 0.3 is 5.97 Å². The Morgan fingerprint density at radius 1 is 0.886 bits per heavy atom. The Bertz CT molecular complexity index is 1430. The Morgan fingerprint density at radius 2 is 1.60 bits per heavy atom. The van der Waals surface area contributed by atoms with Gasteiger partial charge in [0.25, 0.3) is 5.91 Å². The van der Waals surface area contributed by atoms with E-state index in [-0.39, 0.29) is 11.5 Å². The number of carbonyl (C=O) groups is 2. The molecular weight excluding hydrogens is 438 g/mol. The largest absolute Gasteiger partial charge is 0.478 e. The second-order valence-corrected chi connectivity index (χ2v) is 9.58. The average Bonchev–Trinajstić information content (AvgIpc) is 3.55. The van der Waals surface area contributed by atoms with Gasteiger partial charge in [-0.3, -0.25) is 4.79 Å². The molecule has 1 aliphatic carbocycles. The van der Waals surface area contributed by atoms with Crippen LogP contribution in [0.15, 0.2) is 66.7 Å². The van der Waals surface area contributed by atoms with Crippen molar-refractivity contribution in [2.24, 2.45) is 0 Å². The van der Waals surface area contributed by atoms with Crippen molar-refractivity contribution >= 4 is 22.9 Å². The molecule has 1 amide bonds. The summed E-state index contributed by atoms with van der Waals surface area (Å²) in [4.78, 5) is 31.5. The summed E-state index contributed by atoms with van der Waals surface area (Å²) in [5, 5.41) is 9.42. The lowest BCUT2D eigenvalue weighted by molar-refractivity contribution is 0.0695. The smallest absolute Gasteiger partial charge is 0.335 e. The molecule has 6 heteroatoms. The molecular formula is C29H27N3O3. The molecule has 176 valence electrons. The molecule has 0 radical (unpaired) electrons. The van der Waals surface area contributed by atoms with E-state index < -0.39 is 5.97 Å². The molecule has 0 unspecified atom stereocenters. The van der Waals surface area contributed by atoms with Gasteiger partial charge in [0.2, 0.25) is 0 Å². The molecule has 0 saturated heterocycles. The van der Waals surface area contributed by atoms with Gasteiger partial charge in [0.15, 0.2) is 0 Å². The van der Waals surface area contributed by atoms with Crippen LogP contribution in [0.25, 0.3) is 22.4 Å². The quantitative estimate of drug-likeness (QED) is 0.419. The maximum Gasteiger partial charge on any atom is 0.335 e. The van der Waals surface area contributed by atoms with Crippen molar-refractivity contribution in [1.29, 1.82) is 0 Å². The van der Waals surface area contributed by atoms with Crippen molar-refractivity contribution in [2.75, 3.05) is 6.54 Å². The first-order valence-electron chi connectivity index (χ1n) is 12.3. The van der Waals surface area contributed by atoms with Crippen molar-refractivity contribution in [3.8, 4) is 11.4 Å². The third kappa shape index (κ3) is 3.89. The van der Waals surface area contributed by atoms with Gasteiger partial charge in [-0.2, -0.15) is 0 Å². The Balaban J connectivity index is 1.33. The number of aromatic nitrogens is 2. The third-order valence-electron chi connectivity index (χ3n) is 7.43. The summed E-state index contributed by atoms with van der Waals surface area (Å²) >= 11 is 0. The summed E-state index contributed by atoms with van der Waals surface area (Å²) in [6.45, 7) is 1.36. The number of hydrogen-bond donors (Lipinski definition) is 1. The zero-order chi connectivity index (χ0) is 23.9. The highest BCUT2D eigenvalue weighted by molar-refractivity contribution is 5.95. The first-order valence-corrected chi connectivity index (χ1v) is 12.3. The van der Waals surface area contributed by atoms with Crippen LogP contribution in [-0.2, 0) is 13.0 Å². The first-order chi connectivity index (χ1) is 17.1. The summed E-state index contributed by atoms with van der Waals surface area (Å²) < 4.78 is 2.27. The Hall–Kier alpha value is -3.93. The van der Waals surface area contributed by atoms with Gasteiger partial charge in [0.05, 0.1) is 16.6 Å². The highest BCUT2D eigenvalue weighted by Crippen LogP contribution is 2.37. The van der Waals surface area contributed by atoms with Crippen LogP contribution in [0.5, 0.6) is 0 Å². The fraction of sp³-hybridized carbons (Fsp3) is 0.276. The van der Waals surface area contributed by atoms with Gasteiger partial charge in [-0.25, -0.2) is 9.78 Å². The number of carbonyl (C=O) groups excluding carboxylic acids is 1. The first kappa shape index (κ1) is 21.6. The number of hydrogen-bond acceptors (Lipinski definition) is 3. The van der Waals surface area contributed by atoms with Gasteiger partial charge in [-0.1, -0.05) is 49.2 Å². The molecule has 6 rings (SSSR count). The molecule has 3 aromatic carbocycles. The van der Waals surface area contributed by atoms with Crippen molar-refractivity contribution in [1.82, 2.24) is 14.5 Å². The molecule has 1 aromatic heterocycles. The fourth-order valence-corrected chi connectivity index (χ4v) is 5.58. The van der Waals surface area contributed by atoms with Crippen LogP contribution in [0.2, 0.25) is 0 Å².